The van der Waals surface area contributed by atoms with Crippen molar-refractivity contribution in [3.8, 4) is 0 Å². The van der Waals surface area contributed by atoms with Crippen LogP contribution in [0.3, 0.4) is 0 Å². The van der Waals surface area contributed by atoms with E-state index in [9.17, 15) is 4.79 Å². The molecule has 15 heavy (non-hydrogen) atoms. The van der Waals surface area contributed by atoms with Gasteiger partial charge in [-0.15, -0.1) is 0 Å². The van der Waals surface area contributed by atoms with Gasteiger partial charge in [0.25, 0.3) is 5.95 Å². The Morgan fingerprint density at radius 2 is 1.87 bits per heavy atom. The molecule has 0 unspecified atom stereocenters. The van der Waals surface area contributed by atoms with Gasteiger partial charge in [-0.05, 0) is 19.8 Å². The second kappa shape index (κ2) is 8.15. The van der Waals surface area contributed by atoms with Gasteiger partial charge in [0.1, 0.15) is 5.57 Å². The van der Waals surface area contributed by atoms with Crippen LogP contribution >= 0.6 is 0 Å². The summed E-state index contributed by atoms with van der Waals surface area (Å²) in [5.41, 5.74) is 0.202. The number of hydrogen-bond acceptors (Lipinski definition) is 3. The zero-order valence-electron chi connectivity index (χ0n) is 9.71. The Hall–Kier alpha value is -1.19. The average Bonchev–Trinajstić information content (AvgIpc) is 2.18. The number of hydrogen-bond donors (Lipinski definition) is 1. The predicted octanol–water partition coefficient (Wildman–Crippen LogP) is 2.55. The minimum Gasteiger partial charge on any atom is -0.478 e. The fourth-order valence-electron chi connectivity index (χ4n) is 1.04. The third-order valence-corrected chi connectivity index (χ3v) is 1.86. The molecule has 0 heterocycles. The number of unbranched alkanes of at least 4 members (excludes halogenated alkanes) is 1. The molecule has 4 heteroatoms. The molecule has 0 aliphatic rings. The Kier molecular flexibility index (Phi) is 7.50. The third-order valence-electron chi connectivity index (χ3n) is 1.86. The molecule has 1 N–H and O–H groups in total. The molecule has 0 bridgehead atoms. The average molecular weight is 216 g/mol. The molecule has 0 atom stereocenters. The molecule has 88 valence electrons. The minimum absolute atomic E-state index is 0.168. The fourth-order valence-corrected chi connectivity index (χ4v) is 1.04. The quantitative estimate of drug-likeness (QED) is 0.385. The van der Waals surface area contributed by atoms with E-state index in [0.717, 1.165) is 12.8 Å². The maximum atomic E-state index is 10.9. The Bertz CT molecular complexity index is 221. The van der Waals surface area contributed by atoms with Crippen LogP contribution in [-0.4, -0.2) is 24.3 Å². The lowest BCUT2D eigenvalue weighted by atomic mass is 10.2. The van der Waals surface area contributed by atoms with E-state index in [1.807, 2.05) is 6.92 Å². The minimum atomic E-state index is -0.975. The van der Waals surface area contributed by atoms with E-state index >= 15 is 0 Å². The SMILES string of the molecule is CCCCOC(OCC)=C(CC)C(=O)O. The van der Waals surface area contributed by atoms with E-state index in [0.29, 0.717) is 19.6 Å². The van der Waals surface area contributed by atoms with Crippen LogP contribution in [0, 0.1) is 0 Å². The van der Waals surface area contributed by atoms with Crippen LogP contribution in [0.15, 0.2) is 11.5 Å². The lowest BCUT2D eigenvalue weighted by Gasteiger charge is -2.12. The van der Waals surface area contributed by atoms with Crippen LogP contribution in [-0.2, 0) is 14.3 Å². The summed E-state index contributed by atoms with van der Waals surface area (Å²) in [4.78, 5) is 10.9. The molecular formula is C11H20O4. The molecule has 0 aromatic rings. The van der Waals surface area contributed by atoms with Crippen molar-refractivity contribution in [1.82, 2.24) is 0 Å². The highest BCUT2D eigenvalue weighted by Crippen LogP contribution is 2.13. The molecule has 0 aliphatic carbocycles. The molecular weight excluding hydrogens is 196 g/mol. The molecule has 0 spiro atoms. The standard InChI is InChI=1S/C11H20O4/c1-4-7-8-15-11(14-6-3)9(5-2)10(12)13/h4-8H2,1-3H3,(H,12,13). The molecule has 0 amide bonds. The third kappa shape index (κ3) is 5.30. The smallest absolute Gasteiger partial charge is 0.338 e. The highest BCUT2D eigenvalue weighted by Gasteiger charge is 2.15. The molecule has 0 saturated heterocycles. The van der Waals surface area contributed by atoms with Crippen molar-refractivity contribution in [2.24, 2.45) is 0 Å². The van der Waals surface area contributed by atoms with Gasteiger partial charge in [-0.2, -0.15) is 0 Å². The summed E-state index contributed by atoms with van der Waals surface area (Å²) in [6.07, 6.45) is 2.30. The van der Waals surface area contributed by atoms with Crippen molar-refractivity contribution in [2.75, 3.05) is 13.2 Å². The molecule has 0 rings (SSSR count). The predicted molar refractivity (Wildman–Crippen MR) is 57.4 cm³/mol. The fraction of sp³-hybridized carbons (Fsp3) is 0.727. The molecule has 0 aromatic carbocycles. The van der Waals surface area contributed by atoms with Crippen molar-refractivity contribution in [2.45, 2.75) is 40.0 Å². The molecule has 0 fully saturated rings. The van der Waals surface area contributed by atoms with E-state index in [1.54, 1.807) is 13.8 Å². The van der Waals surface area contributed by atoms with Crippen molar-refractivity contribution in [3.63, 3.8) is 0 Å². The van der Waals surface area contributed by atoms with Gasteiger partial charge in [-0.3, -0.25) is 0 Å². The largest absolute Gasteiger partial charge is 0.478 e. The first-order valence-electron chi connectivity index (χ1n) is 5.39. The van der Waals surface area contributed by atoms with Crippen molar-refractivity contribution in [3.05, 3.63) is 11.5 Å². The van der Waals surface area contributed by atoms with Crippen molar-refractivity contribution < 1.29 is 19.4 Å². The normalized spacial score (nSPS) is 11.9. The molecule has 0 aliphatic heterocycles. The van der Waals surface area contributed by atoms with E-state index in [1.165, 1.54) is 0 Å². The number of carbonyl (C=O) groups is 1. The zero-order valence-corrected chi connectivity index (χ0v) is 9.71. The topological polar surface area (TPSA) is 55.8 Å². The lowest BCUT2D eigenvalue weighted by molar-refractivity contribution is -0.133. The second-order valence-corrected chi connectivity index (χ2v) is 3.06. The van der Waals surface area contributed by atoms with E-state index in [-0.39, 0.29) is 11.5 Å². The van der Waals surface area contributed by atoms with E-state index in [4.69, 9.17) is 14.6 Å². The first-order valence-corrected chi connectivity index (χ1v) is 5.39. The van der Waals surface area contributed by atoms with Gasteiger partial charge in [-0.25, -0.2) is 4.79 Å². The second-order valence-electron chi connectivity index (χ2n) is 3.06. The zero-order chi connectivity index (χ0) is 11.7. The number of carboxylic acid groups (broad SMARTS) is 1. The number of carboxylic acids is 1. The van der Waals surface area contributed by atoms with Crippen LogP contribution in [0.1, 0.15) is 40.0 Å². The first kappa shape index (κ1) is 13.8. The van der Waals surface area contributed by atoms with E-state index < -0.39 is 5.97 Å². The van der Waals surface area contributed by atoms with Crippen LogP contribution in [0.2, 0.25) is 0 Å². The maximum Gasteiger partial charge on any atom is 0.338 e. The lowest BCUT2D eigenvalue weighted by Crippen LogP contribution is -2.10. The number of rotatable bonds is 8. The number of ether oxygens (including phenoxy) is 2. The molecule has 0 radical (unpaired) electrons. The first-order chi connectivity index (χ1) is 7.17. The molecule has 0 aromatic heterocycles. The summed E-state index contributed by atoms with van der Waals surface area (Å²) >= 11 is 0. The summed E-state index contributed by atoms with van der Waals surface area (Å²) in [7, 11) is 0. The van der Waals surface area contributed by atoms with Crippen molar-refractivity contribution >= 4 is 5.97 Å². The summed E-state index contributed by atoms with van der Waals surface area (Å²) in [6, 6.07) is 0. The Morgan fingerprint density at radius 1 is 1.20 bits per heavy atom. The van der Waals surface area contributed by atoms with Crippen LogP contribution < -0.4 is 0 Å². The maximum absolute atomic E-state index is 10.9. The van der Waals surface area contributed by atoms with E-state index in [2.05, 4.69) is 0 Å². The van der Waals surface area contributed by atoms with Crippen LogP contribution in [0.25, 0.3) is 0 Å². The monoisotopic (exact) mass is 216 g/mol. The summed E-state index contributed by atoms with van der Waals surface area (Å²) in [6.45, 7) is 6.54. The summed E-state index contributed by atoms with van der Waals surface area (Å²) in [5, 5.41) is 8.91. The highest BCUT2D eigenvalue weighted by atomic mass is 16.7. The number of aliphatic carboxylic acids is 1. The van der Waals surface area contributed by atoms with Gasteiger partial charge in [0.05, 0.1) is 13.2 Å². The van der Waals surface area contributed by atoms with Gasteiger partial charge in [0, 0.05) is 0 Å². The summed E-state index contributed by atoms with van der Waals surface area (Å²) < 4.78 is 10.5. The Morgan fingerprint density at radius 3 is 2.27 bits per heavy atom. The van der Waals surface area contributed by atoms with Gasteiger partial charge in [0.15, 0.2) is 0 Å². The highest BCUT2D eigenvalue weighted by molar-refractivity contribution is 5.86. The van der Waals surface area contributed by atoms with Gasteiger partial charge in [0.2, 0.25) is 0 Å². The van der Waals surface area contributed by atoms with Gasteiger partial charge in [-0.1, -0.05) is 20.3 Å². The Balaban J connectivity index is 4.50. The molecule has 0 saturated carbocycles. The molecule has 4 nitrogen and oxygen atoms in total. The van der Waals surface area contributed by atoms with Gasteiger partial charge >= 0.3 is 5.97 Å². The van der Waals surface area contributed by atoms with Crippen molar-refractivity contribution in [1.29, 1.82) is 0 Å². The van der Waals surface area contributed by atoms with Crippen LogP contribution in [0.5, 0.6) is 0 Å². The summed E-state index contributed by atoms with van der Waals surface area (Å²) in [5.74, 6) is -0.807. The van der Waals surface area contributed by atoms with Gasteiger partial charge < -0.3 is 14.6 Å². The van der Waals surface area contributed by atoms with Crippen LogP contribution in [0.4, 0.5) is 0 Å². The Labute approximate surface area is 90.9 Å².